The summed E-state index contributed by atoms with van der Waals surface area (Å²) in [6, 6.07) is 12.2. The summed E-state index contributed by atoms with van der Waals surface area (Å²) in [6.45, 7) is 21.8. The van der Waals surface area contributed by atoms with E-state index in [0.29, 0.717) is 24.2 Å². The molecule has 0 aliphatic rings. The van der Waals surface area contributed by atoms with Crippen LogP contribution in [0.2, 0.25) is 0 Å². The van der Waals surface area contributed by atoms with Gasteiger partial charge in [0.2, 0.25) is 0 Å². The second kappa shape index (κ2) is 47.3. The molecule has 0 fully saturated rings. The minimum Gasteiger partial charge on any atom is -0.294 e. The summed E-state index contributed by atoms with van der Waals surface area (Å²) >= 11 is 0. The first-order valence-electron chi connectivity index (χ1n) is 29.7. The summed E-state index contributed by atoms with van der Waals surface area (Å²) in [6.07, 6.45) is 56.5. The Kier molecular flexibility index (Phi) is 46.6. The Hall–Kier alpha value is -0.990. The van der Waals surface area contributed by atoms with Gasteiger partial charge >= 0.3 is 10.4 Å². The molecule has 0 saturated carbocycles. The Morgan fingerprint density at radius 3 is 0.687 bits per heavy atom. The molecular weight excluding hydrogens is 845 g/mol. The highest BCUT2D eigenvalue weighted by Crippen LogP contribution is 2.27. The highest BCUT2D eigenvalue weighted by molar-refractivity contribution is 7.79. The Morgan fingerprint density at radius 1 is 0.343 bits per heavy atom. The van der Waals surface area contributed by atoms with E-state index in [2.05, 4.69) is 89.5 Å². The summed E-state index contributed by atoms with van der Waals surface area (Å²) in [5.74, 6) is 0. The van der Waals surface area contributed by atoms with Gasteiger partial charge in [-0.2, -0.15) is 8.42 Å². The second-order valence-corrected chi connectivity index (χ2v) is 22.3. The Balaban J connectivity index is 0.00000823. The van der Waals surface area contributed by atoms with E-state index >= 15 is 0 Å². The number of hydrogen-bond donors (Lipinski definition) is 2. The van der Waals surface area contributed by atoms with Crippen molar-refractivity contribution in [3.8, 4) is 0 Å². The number of rotatable bonds is 48. The lowest BCUT2D eigenvalue weighted by Crippen LogP contribution is -2.41. The molecule has 1 aromatic carbocycles. The van der Waals surface area contributed by atoms with Crippen LogP contribution in [0, 0.1) is 0 Å². The molecule has 1 aromatic rings. The van der Waals surface area contributed by atoms with Crippen molar-refractivity contribution in [2.75, 3.05) is 0 Å². The minimum absolute atomic E-state index is 0.633. The standard InChI is InChI=1S/C60H116N2.H2O4S/c1-9-13-17-21-25-29-33-37-41-47-55(5)61(56(6)48-42-38-34-30-26-22-18-14-10-2)53-59-51-45-46-52-60(59)54-62(57(7)49-43-39-35-31-27-23-19-15-11-3)58(8)50-44-40-36-32-28-24-20-16-12-4;1-5(2,3)4/h45-46,51-52,55-58H,9-44,47-50,53-54H2,1-8H3;(H2,1,2,3,4). The fourth-order valence-corrected chi connectivity index (χ4v) is 10.4. The third-order valence-corrected chi connectivity index (χ3v) is 15.0. The molecule has 0 amide bonds. The van der Waals surface area contributed by atoms with Gasteiger partial charge in [-0.05, 0) is 64.5 Å². The average Bonchev–Trinajstić information content (AvgIpc) is 3.29. The zero-order valence-corrected chi connectivity index (χ0v) is 47.1. The molecule has 1 rings (SSSR count). The third kappa shape index (κ3) is 42.4. The molecule has 0 saturated heterocycles. The van der Waals surface area contributed by atoms with Crippen LogP contribution < -0.4 is 0 Å². The molecule has 6 nitrogen and oxygen atoms in total. The van der Waals surface area contributed by atoms with Crippen molar-refractivity contribution in [2.45, 2.75) is 349 Å². The average molecular weight is 964 g/mol. The lowest BCUT2D eigenvalue weighted by molar-refractivity contribution is 0.117. The third-order valence-electron chi connectivity index (χ3n) is 15.0. The lowest BCUT2D eigenvalue weighted by Gasteiger charge is -2.38. The number of benzene rings is 1. The number of unbranched alkanes of at least 4 members (excludes halogenated alkanes) is 32. The molecule has 0 spiro atoms. The SMILES string of the molecule is CCCCCCCCCCCC(C)N(Cc1ccccc1CN(C(C)CCCCCCCCCCC)C(C)CCCCCCCCCCC)C(C)CCCCCCCCCCC.O=S(=O)(O)O. The van der Waals surface area contributed by atoms with Crippen LogP contribution >= 0.6 is 0 Å². The predicted molar refractivity (Wildman–Crippen MR) is 297 cm³/mol. The van der Waals surface area contributed by atoms with Gasteiger partial charge in [0.15, 0.2) is 0 Å². The maximum atomic E-state index is 8.74. The highest BCUT2D eigenvalue weighted by atomic mass is 32.3. The van der Waals surface area contributed by atoms with Crippen molar-refractivity contribution in [3.05, 3.63) is 35.4 Å². The maximum absolute atomic E-state index is 8.74. The van der Waals surface area contributed by atoms with Gasteiger partial charge in [0.05, 0.1) is 0 Å². The molecule has 0 aromatic heterocycles. The summed E-state index contributed by atoms with van der Waals surface area (Å²) in [7, 11) is -4.67. The minimum atomic E-state index is -4.67. The molecule has 0 heterocycles. The molecule has 0 radical (unpaired) electrons. The smallest absolute Gasteiger partial charge is 0.294 e. The molecule has 4 unspecified atom stereocenters. The molecule has 2 N–H and O–H groups in total. The fourth-order valence-electron chi connectivity index (χ4n) is 10.4. The van der Waals surface area contributed by atoms with E-state index in [1.807, 2.05) is 0 Å². The summed E-state index contributed by atoms with van der Waals surface area (Å²) in [5.41, 5.74) is 3.20. The summed E-state index contributed by atoms with van der Waals surface area (Å²) < 4.78 is 31.6. The van der Waals surface area contributed by atoms with Crippen LogP contribution in [0.25, 0.3) is 0 Å². The second-order valence-electron chi connectivity index (χ2n) is 21.4. The van der Waals surface area contributed by atoms with E-state index in [0.717, 1.165) is 13.1 Å². The van der Waals surface area contributed by atoms with Crippen LogP contribution in [0.3, 0.4) is 0 Å². The van der Waals surface area contributed by atoms with Crippen molar-refractivity contribution < 1.29 is 17.5 Å². The lowest BCUT2D eigenvalue weighted by atomic mass is 9.97. The van der Waals surface area contributed by atoms with Crippen LogP contribution in [0.4, 0.5) is 0 Å². The van der Waals surface area contributed by atoms with Crippen LogP contribution in [-0.4, -0.2) is 51.5 Å². The van der Waals surface area contributed by atoms with Crippen LogP contribution in [0.1, 0.15) is 323 Å². The normalized spacial score (nSPS) is 13.8. The number of hydrogen-bond acceptors (Lipinski definition) is 4. The van der Waals surface area contributed by atoms with Gasteiger partial charge in [0.25, 0.3) is 0 Å². The molecule has 67 heavy (non-hydrogen) atoms. The summed E-state index contributed by atoms with van der Waals surface area (Å²) in [5, 5.41) is 0. The molecule has 398 valence electrons. The van der Waals surface area contributed by atoms with Gasteiger partial charge in [-0.15, -0.1) is 0 Å². The van der Waals surface area contributed by atoms with Gasteiger partial charge in [0.1, 0.15) is 0 Å². The Labute approximate surface area is 420 Å². The van der Waals surface area contributed by atoms with E-state index < -0.39 is 10.4 Å². The maximum Gasteiger partial charge on any atom is 0.394 e. The van der Waals surface area contributed by atoms with E-state index in [-0.39, 0.29) is 0 Å². The van der Waals surface area contributed by atoms with Crippen LogP contribution in [0.15, 0.2) is 24.3 Å². The van der Waals surface area contributed by atoms with Crippen LogP contribution in [-0.2, 0) is 23.5 Å². The van der Waals surface area contributed by atoms with Crippen molar-refractivity contribution in [1.29, 1.82) is 0 Å². The topological polar surface area (TPSA) is 81.1 Å². The monoisotopic (exact) mass is 963 g/mol. The zero-order valence-electron chi connectivity index (χ0n) is 46.3. The van der Waals surface area contributed by atoms with E-state index in [4.69, 9.17) is 17.5 Å². The van der Waals surface area contributed by atoms with Gasteiger partial charge in [-0.25, -0.2) is 0 Å². The first kappa shape index (κ1) is 66.0. The van der Waals surface area contributed by atoms with Gasteiger partial charge < -0.3 is 0 Å². The first-order valence-corrected chi connectivity index (χ1v) is 31.1. The largest absolute Gasteiger partial charge is 0.394 e. The quantitative estimate of drug-likeness (QED) is 0.0500. The Bertz CT molecular complexity index is 1130. The van der Waals surface area contributed by atoms with Crippen molar-refractivity contribution in [2.24, 2.45) is 0 Å². The van der Waals surface area contributed by atoms with E-state index in [1.165, 1.54) is 257 Å². The summed E-state index contributed by atoms with van der Waals surface area (Å²) in [4.78, 5) is 5.91. The van der Waals surface area contributed by atoms with E-state index in [1.54, 1.807) is 11.1 Å². The fraction of sp³-hybridized carbons (Fsp3) is 0.900. The van der Waals surface area contributed by atoms with E-state index in [9.17, 15) is 0 Å². The van der Waals surface area contributed by atoms with Crippen molar-refractivity contribution in [1.82, 2.24) is 9.80 Å². The molecule has 4 atom stereocenters. The highest BCUT2D eigenvalue weighted by Gasteiger charge is 2.24. The molecule has 7 heteroatoms. The number of nitrogens with zero attached hydrogens (tertiary/aromatic N) is 2. The molecule has 0 bridgehead atoms. The Morgan fingerprint density at radius 2 is 0.507 bits per heavy atom. The molecular formula is C60H118N2O4S. The van der Waals surface area contributed by atoms with Gasteiger partial charge in [0, 0.05) is 37.3 Å². The molecule has 0 aliphatic heterocycles. The first-order chi connectivity index (χ1) is 32.4. The van der Waals surface area contributed by atoms with Gasteiger partial charge in [-0.3, -0.25) is 18.9 Å². The zero-order chi connectivity index (χ0) is 49.6. The van der Waals surface area contributed by atoms with Crippen molar-refractivity contribution in [3.63, 3.8) is 0 Å². The van der Waals surface area contributed by atoms with Crippen LogP contribution in [0.5, 0.6) is 0 Å². The van der Waals surface area contributed by atoms with Crippen molar-refractivity contribution >= 4 is 10.4 Å². The molecule has 0 aliphatic carbocycles. The van der Waals surface area contributed by atoms with Gasteiger partial charge in [-0.1, -0.05) is 283 Å². The predicted octanol–water partition coefficient (Wildman–Crippen LogP) is 19.9.